The van der Waals surface area contributed by atoms with Crippen LogP contribution in [0.4, 0.5) is 0 Å². The lowest BCUT2D eigenvalue weighted by molar-refractivity contribution is 0.0956. The van der Waals surface area contributed by atoms with E-state index in [1.165, 1.54) is 5.56 Å². The van der Waals surface area contributed by atoms with Crippen LogP contribution in [0.5, 0.6) is 5.75 Å². The van der Waals surface area contributed by atoms with E-state index in [4.69, 9.17) is 9.72 Å². The molecule has 0 radical (unpaired) electrons. The number of nitrogens with one attached hydrogen (secondary N) is 1. The zero-order valence-corrected chi connectivity index (χ0v) is 21.8. The van der Waals surface area contributed by atoms with Crippen LogP contribution in [0.25, 0.3) is 22.2 Å². The summed E-state index contributed by atoms with van der Waals surface area (Å²) in [6, 6.07) is 33.1. The highest BCUT2D eigenvalue weighted by atomic mass is 79.9. The molecule has 0 atom stereocenters. The van der Waals surface area contributed by atoms with Crippen LogP contribution in [-0.2, 0) is 6.61 Å². The molecule has 1 amide bonds. The Morgan fingerprint density at radius 1 is 0.946 bits per heavy atom. The number of aryl methyl sites for hydroxylation is 1. The van der Waals surface area contributed by atoms with Gasteiger partial charge in [0.25, 0.3) is 5.91 Å². The molecule has 0 bridgehead atoms. The van der Waals surface area contributed by atoms with Gasteiger partial charge >= 0.3 is 0 Å². The highest BCUT2D eigenvalue weighted by Crippen LogP contribution is 2.27. The summed E-state index contributed by atoms with van der Waals surface area (Å²) in [5, 5.41) is 4.97. The molecule has 5 rings (SSSR count). The van der Waals surface area contributed by atoms with Crippen molar-refractivity contribution in [1.82, 2.24) is 10.4 Å². The Labute approximate surface area is 224 Å². The third-order valence-corrected chi connectivity index (χ3v) is 6.46. The number of carbonyl (C=O) groups excluding carboxylic acids is 1. The van der Waals surface area contributed by atoms with Gasteiger partial charge < -0.3 is 4.74 Å². The van der Waals surface area contributed by atoms with E-state index in [1.54, 1.807) is 12.3 Å². The van der Waals surface area contributed by atoms with Crippen molar-refractivity contribution in [2.75, 3.05) is 0 Å². The van der Waals surface area contributed by atoms with Gasteiger partial charge in [-0.3, -0.25) is 4.79 Å². The first kappa shape index (κ1) is 24.4. The van der Waals surface area contributed by atoms with Crippen LogP contribution in [0.15, 0.2) is 113 Å². The van der Waals surface area contributed by atoms with E-state index in [-0.39, 0.29) is 5.91 Å². The number of rotatable bonds is 7. The number of benzene rings is 4. The Kier molecular flexibility index (Phi) is 7.38. The maximum Gasteiger partial charge on any atom is 0.272 e. The molecule has 4 aromatic carbocycles. The molecule has 0 fully saturated rings. The molecule has 1 aromatic heterocycles. The molecule has 37 heavy (non-hydrogen) atoms. The minimum Gasteiger partial charge on any atom is -0.488 e. The van der Waals surface area contributed by atoms with E-state index >= 15 is 0 Å². The van der Waals surface area contributed by atoms with Gasteiger partial charge in [-0.25, -0.2) is 10.4 Å². The number of fused-ring (bicyclic) bond motifs is 1. The largest absolute Gasteiger partial charge is 0.488 e. The Balaban J connectivity index is 1.30. The predicted molar refractivity (Wildman–Crippen MR) is 152 cm³/mol. The third-order valence-electron chi connectivity index (χ3n) is 5.84. The Morgan fingerprint density at radius 3 is 2.57 bits per heavy atom. The minimum absolute atomic E-state index is 0.302. The molecule has 6 heteroatoms. The summed E-state index contributed by atoms with van der Waals surface area (Å²) in [6.45, 7) is 2.54. The normalized spacial score (nSPS) is 11.1. The molecular weight excluding hydrogens is 526 g/mol. The molecule has 5 nitrogen and oxygen atoms in total. The van der Waals surface area contributed by atoms with Gasteiger partial charge in [-0.2, -0.15) is 5.10 Å². The second kappa shape index (κ2) is 11.2. The SMILES string of the molecule is Cc1cccc(COc2ccc(/C=N/NC(=O)c3cc(-c4ccccc4)nc4ccccc34)cc2Br)c1. The molecule has 0 spiro atoms. The monoisotopic (exact) mass is 549 g/mol. The predicted octanol–water partition coefficient (Wildman–Crippen LogP) is 7.32. The third kappa shape index (κ3) is 5.93. The molecule has 1 heterocycles. The molecular formula is C31H24BrN3O2. The van der Waals surface area contributed by atoms with Crippen LogP contribution in [0.3, 0.4) is 0 Å². The summed E-state index contributed by atoms with van der Waals surface area (Å²) in [5.74, 6) is 0.434. The average Bonchev–Trinajstić information content (AvgIpc) is 2.92. The van der Waals surface area contributed by atoms with Gasteiger partial charge in [-0.05, 0) is 64.3 Å². The van der Waals surface area contributed by atoms with Crippen molar-refractivity contribution in [2.24, 2.45) is 5.10 Å². The summed E-state index contributed by atoms with van der Waals surface area (Å²) in [7, 11) is 0. The van der Waals surface area contributed by atoms with Crippen molar-refractivity contribution >= 4 is 39.0 Å². The van der Waals surface area contributed by atoms with Crippen molar-refractivity contribution < 1.29 is 9.53 Å². The zero-order valence-electron chi connectivity index (χ0n) is 20.2. The number of pyridine rings is 1. The summed E-state index contributed by atoms with van der Waals surface area (Å²) >= 11 is 3.57. The molecule has 0 saturated heterocycles. The minimum atomic E-state index is -0.302. The van der Waals surface area contributed by atoms with E-state index in [9.17, 15) is 4.79 Å². The molecule has 182 valence electrons. The topological polar surface area (TPSA) is 63.6 Å². The number of hydrogen-bond donors (Lipinski definition) is 1. The maximum absolute atomic E-state index is 13.1. The van der Waals surface area contributed by atoms with Crippen molar-refractivity contribution in [3.63, 3.8) is 0 Å². The standard InChI is InChI=1S/C31H24BrN3O2/c1-21-8-7-9-23(16-21)20-37-30-15-14-22(17-27(30)32)19-33-35-31(36)26-18-29(24-10-3-2-4-11-24)34-28-13-6-5-12-25(26)28/h2-19H,20H2,1H3,(H,35,36)/b33-19+. The molecule has 0 aliphatic rings. The summed E-state index contributed by atoms with van der Waals surface area (Å²) in [4.78, 5) is 17.9. The number of amides is 1. The number of carbonyl (C=O) groups is 1. The lowest BCUT2D eigenvalue weighted by atomic mass is 10.0. The van der Waals surface area contributed by atoms with E-state index in [2.05, 4.69) is 45.5 Å². The molecule has 5 aromatic rings. The number of nitrogens with zero attached hydrogens (tertiary/aromatic N) is 2. The van der Waals surface area contributed by atoms with Crippen LogP contribution < -0.4 is 10.2 Å². The second-order valence-electron chi connectivity index (χ2n) is 8.60. The first-order valence-corrected chi connectivity index (χ1v) is 12.6. The zero-order chi connectivity index (χ0) is 25.6. The van der Waals surface area contributed by atoms with E-state index in [1.807, 2.05) is 84.9 Å². The highest BCUT2D eigenvalue weighted by molar-refractivity contribution is 9.10. The van der Waals surface area contributed by atoms with Crippen molar-refractivity contribution in [2.45, 2.75) is 13.5 Å². The lowest BCUT2D eigenvalue weighted by Crippen LogP contribution is -2.18. The smallest absolute Gasteiger partial charge is 0.272 e. The fourth-order valence-electron chi connectivity index (χ4n) is 4.02. The van der Waals surface area contributed by atoms with E-state index < -0.39 is 0 Å². The van der Waals surface area contributed by atoms with Gasteiger partial charge in [-0.1, -0.05) is 78.4 Å². The molecule has 0 aliphatic carbocycles. The highest BCUT2D eigenvalue weighted by Gasteiger charge is 2.13. The van der Waals surface area contributed by atoms with E-state index in [0.717, 1.165) is 43.5 Å². The summed E-state index contributed by atoms with van der Waals surface area (Å²) in [6.07, 6.45) is 1.61. The van der Waals surface area contributed by atoms with Gasteiger partial charge in [0.15, 0.2) is 0 Å². The average molecular weight is 550 g/mol. The van der Waals surface area contributed by atoms with Crippen molar-refractivity contribution in [3.8, 4) is 17.0 Å². The van der Waals surface area contributed by atoms with Crippen molar-refractivity contribution in [3.05, 3.63) is 130 Å². The molecule has 0 saturated carbocycles. The van der Waals surface area contributed by atoms with Crippen LogP contribution in [0.1, 0.15) is 27.0 Å². The van der Waals surface area contributed by atoms with Crippen molar-refractivity contribution in [1.29, 1.82) is 0 Å². The number of ether oxygens (including phenoxy) is 1. The fraction of sp³-hybridized carbons (Fsp3) is 0.0645. The fourth-order valence-corrected chi connectivity index (χ4v) is 4.53. The number of halogens is 1. The van der Waals surface area contributed by atoms with E-state index in [0.29, 0.717) is 12.2 Å². The Morgan fingerprint density at radius 2 is 1.76 bits per heavy atom. The molecule has 0 aliphatic heterocycles. The van der Waals surface area contributed by atoms with Gasteiger partial charge in [0, 0.05) is 10.9 Å². The number of para-hydroxylation sites is 1. The molecule has 1 N–H and O–H groups in total. The van der Waals surface area contributed by atoms with Crippen LogP contribution in [0.2, 0.25) is 0 Å². The Bertz CT molecular complexity index is 1600. The molecule has 0 unspecified atom stereocenters. The second-order valence-corrected chi connectivity index (χ2v) is 9.46. The Hall–Kier alpha value is -4.29. The van der Waals surface area contributed by atoms with Gasteiger partial charge in [0.1, 0.15) is 12.4 Å². The van der Waals surface area contributed by atoms with Crippen LogP contribution in [0, 0.1) is 6.92 Å². The quantitative estimate of drug-likeness (QED) is 0.171. The first-order valence-electron chi connectivity index (χ1n) is 11.8. The number of aromatic nitrogens is 1. The summed E-state index contributed by atoms with van der Waals surface area (Å²) < 4.78 is 6.76. The van der Waals surface area contributed by atoms with Gasteiger partial charge in [0.05, 0.1) is 27.5 Å². The first-order chi connectivity index (χ1) is 18.1. The van der Waals surface area contributed by atoms with Gasteiger partial charge in [-0.15, -0.1) is 0 Å². The van der Waals surface area contributed by atoms with Crippen LogP contribution in [-0.4, -0.2) is 17.1 Å². The lowest BCUT2D eigenvalue weighted by Gasteiger charge is -2.10. The van der Waals surface area contributed by atoms with Gasteiger partial charge in [0.2, 0.25) is 0 Å². The maximum atomic E-state index is 13.1. The summed E-state index contributed by atoms with van der Waals surface area (Å²) in [5.41, 5.74) is 8.74. The number of hydrazone groups is 1. The van der Waals surface area contributed by atoms with Crippen LogP contribution >= 0.6 is 15.9 Å². The number of hydrogen-bond acceptors (Lipinski definition) is 4.